The van der Waals surface area contributed by atoms with E-state index in [1.807, 2.05) is 32.3 Å². The van der Waals surface area contributed by atoms with Crippen LogP contribution in [-0.4, -0.2) is 14.1 Å². The third-order valence-corrected chi connectivity index (χ3v) is 4.21. The molecule has 0 fully saturated rings. The highest BCUT2D eigenvalue weighted by atomic mass is 79.9. The second-order valence-electron chi connectivity index (χ2n) is 4.51. The summed E-state index contributed by atoms with van der Waals surface area (Å²) in [5, 5.41) is 3.44. The molecule has 0 aliphatic carbocycles. The van der Waals surface area contributed by atoms with Crippen LogP contribution in [0, 0.1) is 0 Å². The molecule has 0 heterocycles. The summed E-state index contributed by atoms with van der Waals surface area (Å²) in [5.41, 5.74) is 3.55. The molecule has 2 nitrogen and oxygen atoms in total. The monoisotopic (exact) mass is 382 g/mol. The molecule has 0 radical (unpaired) electrons. The van der Waals surface area contributed by atoms with E-state index in [4.69, 9.17) is 0 Å². The smallest absolute Gasteiger partial charge is 0.0631 e. The van der Waals surface area contributed by atoms with Crippen molar-refractivity contribution < 1.29 is 0 Å². The standard InChI is InChI=1S/C15H16Br2N2/c1-19(2)12-8-6-11(7-9-12)10-18-15-13(16)4-3-5-14(15)17/h3-9,18H,10H2,1-2H3. The van der Waals surface area contributed by atoms with Crippen LogP contribution in [0.15, 0.2) is 51.4 Å². The van der Waals surface area contributed by atoms with Crippen LogP contribution in [0.3, 0.4) is 0 Å². The predicted molar refractivity (Wildman–Crippen MR) is 89.9 cm³/mol. The SMILES string of the molecule is CN(C)c1ccc(CNc2c(Br)cccc2Br)cc1. The third-order valence-electron chi connectivity index (χ3n) is 2.88. The number of hydrogen-bond donors (Lipinski definition) is 1. The normalized spacial score (nSPS) is 10.3. The Bertz CT molecular complexity index is 530. The van der Waals surface area contributed by atoms with Crippen LogP contribution in [0.5, 0.6) is 0 Å². The van der Waals surface area contributed by atoms with Gasteiger partial charge in [-0.05, 0) is 61.7 Å². The van der Waals surface area contributed by atoms with Crippen molar-refractivity contribution in [3.8, 4) is 0 Å². The van der Waals surface area contributed by atoms with Gasteiger partial charge in [-0.25, -0.2) is 0 Å². The Morgan fingerprint density at radius 3 is 2.05 bits per heavy atom. The van der Waals surface area contributed by atoms with Gasteiger partial charge in [0.1, 0.15) is 0 Å². The Hall–Kier alpha value is -1.00. The maximum Gasteiger partial charge on any atom is 0.0631 e. The van der Waals surface area contributed by atoms with Crippen LogP contribution in [0.25, 0.3) is 0 Å². The highest BCUT2D eigenvalue weighted by Gasteiger charge is 2.04. The van der Waals surface area contributed by atoms with Crippen LogP contribution >= 0.6 is 31.9 Å². The van der Waals surface area contributed by atoms with Crippen molar-refractivity contribution >= 4 is 43.2 Å². The van der Waals surface area contributed by atoms with Gasteiger partial charge < -0.3 is 10.2 Å². The fourth-order valence-electron chi connectivity index (χ4n) is 1.77. The van der Waals surface area contributed by atoms with Gasteiger partial charge in [-0.15, -0.1) is 0 Å². The molecule has 0 aromatic heterocycles. The summed E-state index contributed by atoms with van der Waals surface area (Å²) in [6, 6.07) is 14.6. The first kappa shape index (κ1) is 14.4. The van der Waals surface area contributed by atoms with Crippen LogP contribution < -0.4 is 10.2 Å². The predicted octanol–water partition coefficient (Wildman–Crippen LogP) is 4.89. The zero-order chi connectivity index (χ0) is 13.8. The number of nitrogens with zero attached hydrogens (tertiary/aromatic N) is 1. The number of hydrogen-bond acceptors (Lipinski definition) is 2. The van der Waals surface area contributed by atoms with E-state index in [9.17, 15) is 0 Å². The van der Waals surface area contributed by atoms with Gasteiger partial charge in [-0.3, -0.25) is 0 Å². The van der Waals surface area contributed by atoms with Crippen molar-refractivity contribution in [2.24, 2.45) is 0 Å². The second kappa shape index (κ2) is 6.44. The molecule has 2 aromatic rings. The quantitative estimate of drug-likeness (QED) is 0.808. The minimum absolute atomic E-state index is 0.801. The number of halogens is 2. The lowest BCUT2D eigenvalue weighted by Gasteiger charge is -2.14. The fraction of sp³-hybridized carbons (Fsp3) is 0.200. The van der Waals surface area contributed by atoms with Gasteiger partial charge in [0, 0.05) is 35.3 Å². The van der Waals surface area contributed by atoms with Crippen molar-refractivity contribution in [2.45, 2.75) is 6.54 Å². The molecule has 19 heavy (non-hydrogen) atoms. The topological polar surface area (TPSA) is 15.3 Å². The number of para-hydroxylation sites is 1. The molecule has 0 aliphatic heterocycles. The van der Waals surface area contributed by atoms with E-state index in [1.165, 1.54) is 11.3 Å². The summed E-state index contributed by atoms with van der Waals surface area (Å²) in [4.78, 5) is 2.10. The van der Waals surface area contributed by atoms with Crippen molar-refractivity contribution in [3.63, 3.8) is 0 Å². The van der Waals surface area contributed by atoms with E-state index in [0.717, 1.165) is 21.2 Å². The van der Waals surface area contributed by atoms with Gasteiger partial charge in [-0.2, -0.15) is 0 Å². The van der Waals surface area contributed by atoms with E-state index in [1.54, 1.807) is 0 Å². The first-order chi connectivity index (χ1) is 9.08. The van der Waals surface area contributed by atoms with Crippen molar-refractivity contribution in [2.75, 3.05) is 24.3 Å². The summed E-state index contributed by atoms with van der Waals surface area (Å²) in [6.45, 7) is 0.801. The van der Waals surface area contributed by atoms with Gasteiger partial charge >= 0.3 is 0 Å². The third kappa shape index (κ3) is 3.74. The molecule has 4 heteroatoms. The summed E-state index contributed by atoms with van der Waals surface area (Å²) in [6.07, 6.45) is 0. The molecule has 0 atom stereocenters. The maximum atomic E-state index is 3.55. The van der Waals surface area contributed by atoms with Crippen LogP contribution in [0.4, 0.5) is 11.4 Å². The fourth-order valence-corrected chi connectivity index (χ4v) is 3.05. The van der Waals surface area contributed by atoms with E-state index in [2.05, 4.69) is 66.3 Å². The minimum Gasteiger partial charge on any atom is -0.379 e. The second-order valence-corrected chi connectivity index (χ2v) is 6.22. The number of nitrogens with one attached hydrogen (secondary N) is 1. The Kier molecular flexibility index (Phi) is 4.88. The number of anilines is 2. The van der Waals surface area contributed by atoms with Crippen molar-refractivity contribution in [1.29, 1.82) is 0 Å². The molecule has 0 saturated heterocycles. The molecule has 100 valence electrons. The molecule has 0 aliphatic rings. The minimum atomic E-state index is 0.801. The van der Waals surface area contributed by atoms with Gasteiger partial charge in [0.2, 0.25) is 0 Å². The van der Waals surface area contributed by atoms with Crippen LogP contribution in [-0.2, 0) is 6.54 Å². The first-order valence-electron chi connectivity index (χ1n) is 6.02. The van der Waals surface area contributed by atoms with E-state index in [-0.39, 0.29) is 0 Å². The number of rotatable bonds is 4. The summed E-state index contributed by atoms with van der Waals surface area (Å²) < 4.78 is 2.12. The van der Waals surface area contributed by atoms with Crippen molar-refractivity contribution in [3.05, 3.63) is 57.0 Å². The molecule has 0 spiro atoms. The Morgan fingerprint density at radius 2 is 1.53 bits per heavy atom. The van der Waals surface area contributed by atoms with E-state index < -0.39 is 0 Å². The molecule has 0 amide bonds. The summed E-state index contributed by atoms with van der Waals surface area (Å²) >= 11 is 7.10. The Morgan fingerprint density at radius 1 is 0.947 bits per heavy atom. The van der Waals surface area contributed by atoms with Gasteiger partial charge in [-0.1, -0.05) is 18.2 Å². The van der Waals surface area contributed by atoms with Gasteiger partial charge in [0.15, 0.2) is 0 Å². The molecular formula is C15H16Br2N2. The maximum absolute atomic E-state index is 3.55. The average Bonchev–Trinajstić information content (AvgIpc) is 2.38. The Labute approximate surface area is 131 Å². The zero-order valence-corrected chi connectivity index (χ0v) is 14.1. The van der Waals surface area contributed by atoms with Gasteiger partial charge in [0.05, 0.1) is 5.69 Å². The molecule has 0 bridgehead atoms. The molecule has 2 aromatic carbocycles. The highest BCUT2D eigenvalue weighted by molar-refractivity contribution is 9.11. The molecule has 0 unspecified atom stereocenters. The van der Waals surface area contributed by atoms with Crippen molar-refractivity contribution in [1.82, 2.24) is 0 Å². The van der Waals surface area contributed by atoms with E-state index in [0.29, 0.717) is 0 Å². The van der Waals surface area contributed by atoms with Crippen LogP contribution in [0.2, 0.25) is 0 Å². The molecule has 0 saturated carbocycles. The average molecular weight is 384 g/mol. The Balaban J connectivity index is 2.06. The zero-order valence-electron chi connectivity index (χ0n) is 11.0. The summed E-state index contributed by atoms with van der Waals surface area (Å²) in [7, 11) is 4.09. The van der Waals surface area contributed by atoms with Crippen LogP contribution in [0.1, 0.15) is 5.56 Å². The number of benzene rings is 2. The van der Waals surface area contributed by atoms with E-state index >= 15 is 0 Å². The lowest BCUT2D eigenvalue weighted by atomic mass is 10.2. The van der Waals surface area contributed by atoms with Gasteiger partial charge in [0.25, 0.3) is 0 Å². The summed E-state index contributed by atoms with van der Waals surface area (Å²) in [5.74, 6) is 0. The lowest BCUT2D eigenvalue weighted by Crippen LogP contribution is -2.08. The highest BCUT2D eigenvalue weighted by Crippen LogP contribution is 2.30. The molecule has 1 N–H and O–H groups in total. The molecule has 2 rings (SSSR count). The lowest BCUT2D eigenvalue weighted by molar-refractivity contribution is 1.11. The largest absolute Gasteiger partial charge is 0.379 e. The first-order valence-corrected chi connectivity index (χ1v) is 7.60. The molecular weight excluding hydrogens is 368 g/mol.